The Morgan fingerprint density at radius 1 is 1.03 bits per heavy atom. The van der Waals surface area contributed by atoms with Crippen LogP contribution in [0, 0.1) is 0 Å². The molecule has 2 saturated heterocycles. The van der Waals surface area contributed by atoms with Crippen LogP contribution < -0.4 is 10.5 Å². The monoisotopic (exact) mass is 498 g/mol. The van der Waals surface area contributed by atoms with Crippen molar-refractivity contribution in [3.05, 3.63) is 45.1 Å². The Morgan fingerprint density at radius 3 is 2.47 bits per heavy atom. The summed E-state index contributed by atoms with van der Waals surface area (Å²) in [5, 5.41) is 1.04. The van der Waals surface area contributed by atoms with Gasteiger partial charge in [-0.05, 0) is 25.1 Å². The number of rotatable bonds is 8. The molecule has 0 aliphatic carbocycles. The lowest BCUT2D eigenvalue weighted by Crippen LogP contribution is -2.47. The van der Waals surface area contributed by atoms with Gasteiger partial charge in [0.05, 0.1) is 21.7 Å². The number of carbonyl (C=O) groups excluding carboxylic acids is 1. The Balaban J connectivity index is 1.74. The fourth-order valence-corrected chi connectivity index (χ4v) is 6.07. The summed E-state index contributed by atoms with van der Waals surface area (Å²) in [4.78, 5) is 33.8. The van der Waals surface area contributed by atoms with Crippen molar-refractivity contribution in [2.24, 2.45) is 7.05 Å². The summed E-state index contributed by atoms with van der Waals surface area (Å²) in [7, 11) is 1.81. The lowest BCUT2D eigenvalue weighted by Gasteiger charge is -2.37. The van der Waals surface area contributed by atoms with Crippen LogP contribution in [0.25, 0.3) is 17.0 Å². The number of piperazine rings is 1. The van der Waals surface area contributed by atoms with Crippen molar-refractivity contribution in [3.8, 4) is 0 Å². The first kappa shape index (κ1) is 24.9. The zero-order valence-corrected chi connectivity index (χ0v) is 22.0. The number of likely N-dealkylation sites (N-methyl/N-ethyl adjacent to an activating group) is 1. The van der Waals surface area contributed by atoms with Gasteiger partial charge in [-0.1, -0.05) is 75.3 Å². The molecule has 0 spiro atoms. The van der Waals surface area contributed by atoms with Gasteiger partial charge in [-0.25, -0.2) is 0 Å². The molecule has 6 nitrogen and oxygen atoms in total. The molecule has 2 aromatic rings. The van der Waals surface area contributed by atoms with Crippen LogP contribution in [0.4, 0.5) is 5.69 Å². The molecular weight excluding hydrogens is 464 g/mol. The summed E-state index contributed by atoms with van der Waals surface area (Å²) < 4.78 is 2.28. The number of pyridine rings is 1. The van der Waals surface area contributed by atoms with Crippen LogP contribution in [-0.4, -0.2) is 63.9 Å². The van der Waals surface area contributed by atoms with Crippen LogP contribution >= 0.6 is 24.0 Å². The molecule has 1 aromatic heterocycles. The van der Waals surface area contributed by atoms with Crippen LogP contribution in [0.5, 0.6) is 0 Å². The van der Waals surface area contributed by atoms with Crippen molar-refractivity contribution in [3.63, 3.8) is 0 Å². The van der Waals surface area contributed by atoms with Gasteiger partial charge in [-0.3, -0.25) is 14.5 Å². The molecule has 1 aromatic carbocycles. The number of carbonyl (C=O) groups is 1. The minimum Gasteiger partial charge on any atom is -0.368 e. The maximum Gasteiger partial charge on any atom is 0.266 e. The van der Waals surface area contributed by atoms with E-state index in [-0.39, 0.29) is 11.5 Å². The highest BCUT2D eigenvalue weighted by molar-refractivity contribution is 8.26. The molecule has 4 rings (SSSR count). The van der Waals surface area contributed by atoms with Crippen molar-refractivity contribution in [1.82, 2.24) is 14.4 Å². The molecule has 0 atom stereocenters. The van der Waals surface area contributed by atoms with E-state index in [1.54, 1.807) is 22.6 Å². The molecule has 1 amide bonds. The number of anilines is 1. The third-order valence-corrected chi connectivity index (χ3v) is 8.21. The summed E-state index contributed by atoms with van der Waals surface area (Å²) in [5.41, 5.74) is 2.33. The molecular formula is C26H34N4O2S2. The largest absolute Gasteiger partial charge is 0.368 e. The maximum atomic E-state index is 13.6. The van der Waals surface area contributed by atoms with Crippen molar-refractivity contribution in [2.45, 2.75) is 39.5 Å². The van der Waals surface area contributed by atoms with E-state index < -0.39 is 0 Å². The predicted molar refractivity (Wildman–Crippen MR) is 148 cm³/mol. The number of thiocarbonyl (C=S) groups is 1. The Hall–Kier alpha value is -2.16. The molecule has 3 heterocycles. The highest BCUT2D eigenvalue weighted by Crippen LogP contribution is 2.36. The topological polar surface area (TPSA) is 48.8 Å². The van der Waals surface area contributed by atoms with Gasteiger partial charge in [0, 0.05) is 45.2 Å². The Labute approximate surface area is 211 Å². The zero-order chi connectivity index (χ0) is 24.2. The molecule has 0 bridgehead atoms. The van der Waals surface area contributed by atoms with E-state index in [1.807, 2.05) is 18.2 Å². The summed E-state index contributed by atoms with van der Waals surface area (Å²) in [6.07, 6.45) is 6.14. The highest BCUT2D eigenvalue weighted by Gasteiger charge is 2.33. The van der Waals surface area contributed by atoms with Gasteiger partial charge in [0.2, 0.25) is 0 Å². The van der Waals surface area contributed by atoms with E-state index in [1.165, 1.54) is 11.8 Å². The Kier molecular flexibility index (Phi) is 8.11. The Bertz CT molecular complexity index is 1170. The van der Waals surface area contributed by atoms with Gasteiger partial charge >= 0.3 is 0 Å². The average Bonchev–Trinajstić information content (AvgIpc) is 3.12. The summed E-state index contributed by atoms with van der Waals surface area (Å²) in [6.45, 7) is 9.64. The first-order chi connectivity index (χ1) is 16.5. The fourth-order valence-electron chi connectivity index (χ4n) is 4.78. The molecule has 2 fully saturated rings. The molecule has 0 radical (unpaired) electrons. The van der Waals surface area contributed by atoms with E-state index >= 15 is 0 Å². The lowest BCUT2D eigenvalue weighted by atomic mass is 10.1. The molecule has 0 unspecified atom stereocenters. The smallest absolute Gasteiger partial charge is 0.266 e. The van der Waals surface area contributed by atoms with Gasteiger partial charge in [0.15, 0.2) is 0 Å². The van der Waals surface area contributed by atoms with E-state index in [9.17, 15) is 9.59 Å². The van der Waals surface area contributed by atoms with Crippen molar-refractivity contribution >= 4 is 56.9 Å². The number of amides is 1. The van der Waals surface area contributed by atoms with Crippen molar-refractivity contribution < 1.29 is 4.79 Å². The van der Waals surface area contributed by atoms with E-state index in [2.05, 4.69) is 29.7 Å². The minimum atomic E-state index is -0.0835. The van der Waals surface area contributed by atoms with Gasteiger partial charge in [-0.15, -0.1) is 0 Å². The number of hydrogen-bond acceptors (Lipinski definition) is 6. The van der Waals surface area contributed by atoms with Gasteiger partial charge < -0.3 is 14.4 Å². The van der Waals surface area contributed by atoms with Crippen LogP contribution in [0.1, 0.15) is 45.1 Å². The summed E-state index contributed by atoms with van der Waals surface area (Å²) in [5.74, 6) is -0.0801. The van der Waals surface area contributed by atoms with Crippen LogP contribution in [0.15, 0.2) is 34.0 Å². The third-order valence-electron chi connectivity index (χ3n) is 6.83. The number of hydrogen-bond donors (Lipinski definition) is 0. The van der Waals surface area contributed by atoms with Gasteiger partial charge in [0.25, 0.3) is 11.5 Å². The maximum absolute atomic E-state index is 13.6. The van der Waals surface area contributed by atoms with E-state index in [4.69, 9.17) is 12.2 Å². The molecule has 182 valence electrons. The van der Waals surface area contributed by atoms with Crippen LogP contribution in [-0.2, 0) is 11.8 Å². The molecule has 2 aliphatic rings. The second-order valence-corrected chi connectivity index (χ2v) is 10.6. The molecule has 0 N–H and O–H groups in total. The third kappa shape index (κ3) is 4.95. The second-order valence-electron chi connectivity index (χ2n) is 8.96. The van der Waals surface area contributed by atoms with E-state index in [0.29, 0.717) is 21.3 Å². The number of para-hydroxylation sites is 1. The molecule has 8 heteroatoms. The number of aryl methyl sites for hydroxylation is 1. The van der Waals surface area contributed by atoms with E-state index in [0.717, 1.165) is 75.0 Å². The Morgan fingerprint density at radius 2 is 1.76 bits per heavy atom. The number of fused-ring (bicyclic) bond motifs is 1. The quantitative estimate of drug-likeness (QED) is 0.304. The van der Waals surface area contributed by atoms with Crippen LogP contribution in [0.2, 0.25) is 0 Å². The minimum absolute atomic E-state index is 0.0801. The summed E-state index contributed by atoms with van der Waals surface area (Å²) in [6, 6.07) is 8.04. The lowest BCUT2D eigenvalue weighted by molar-refractivity contribution is -0.122. The van der Waals surface area contributed by atoms with Gasteiger partial charge in [0.1, 0.15) is 4.32 Å². The van der Waals surface area contributed by atoms with Crippen molar-refractivity contribution in [2.75, 3.05) is 44.2 Å². The zero-order valence-electron chi connectivity index (χ0n) is 20.4. The standard InChI is InChI=1S/C26H34N4O2S2/c1-4-6-7-10-13-30-25(32)22(34-26(30)33)18-20-23(29-16-14-28(5-2)15-17-29)19-11-8-9-12-21(19)27(3)24(20)31/h8-9,11-12,18H,4-7,10,13-17H2,1-3H3. The average molecular weight is 499 g/mol. The molecule has 2 aliphatic heterocycles. The second kappa shape index (κ2) is 11.1. The molecule has 34 heavy (non-hydrogen) atoms. The number of aromatic nitrogens is 1. The highest BCUT2D eigenvalue weighted by atomic mass is 32.2. The predicted octanol–water partition coefficient (Wildman–Crippen LogP) is 4.46. The molecule has 0 saturated carbocycles. The first-order valence-corrected chi connectivity index (χ1v) is 13.5. The summed E-state index contributed by atoms with van der Waals surface area (Å²) >= 11 is 6.85. The van der Waals surface area contributed by atoms with Gasteiger partial charge in [-0.2, -0.15) is 0 Å². The van der Waals surface area contributed by atoms with Crippen molar-refractivity contribution in [1.29, 1.82) is 0 Å². The first-order valence-electron chi connectivity index (χ1n) is 12.3. The SMILES string of the molecule is CCCCCCN1C(=O)C(=Cc2c(N3CCN(CC)CC3)c3ccccc3n(C)c2=O)SC1=S. The number of unbranched alkanes of at least 4 members (excludes halogenated alkanes) is 3. The number of benzene rings is 1. The van der Waals surface area contributed by atoms with Crippen LogP contribution in [0.3, 0.4) is 0 Å². The fraction of sp³-hybridized carbons (Fsp3) is 0.500. The normalized spacial score (nSPS) is 18.6. The number of nitrogens with zero attached hydrogens (tertiary/aromatic N) is 4. The number of thioether (sulfide) groups is 1.